The second kappa shape index (κ2) is 11.8. The van der Waals surface area contributed by atoms with E-state index in [4.69, 9.17) is 23.7 Å². The number of nitrogens with one attached hydrogen (secondary N) is 1. The van der Waals surface area contributed by atoms with Crippen LogP contribution in [0.25, 0.3) is 11.1 Å². The summed E-state index contributed by atoms with van der Waals surface area (Å²) in [7, 11) is 4.23. The van der Waals surface area contributed by atoms with Gasteiger partial charge in [0.15, 0.2) is 17.2 Å². The Morgan fingerprint density at radius 1 is 1.00 bits per heavy atom. The molecule has 1 aliphatic heterocycles. The zero-order chi connectivity index (χ0) is 28.4. The summed E-state index contributed by atoms with van der Waals surface area (Å²) in [5.41, 5.74) is 2.15. The number of aryl methyl sites for hydroxylation is 1. The molecule has 39 heavy (non-hydrogen) atoms. The predicted molar refractivity (Wildman–Crippen MR) is 137 cm³/mol. The number of hydrogen-bond donors (Lipinski definition) is 5. The molecule has 1 amide bonds. The number of fused-ring (bicyclic) bond motifs is 3. The van der Waals surface area contributed by atoms with E-state index in [1.54, 1.807) is 18.2 Å². The first-order valence-electron chi connectivity index (χ1n) is 12.4. The van der Waals surface area contributed by atoms with Gasteiger partial charge in [-0.15, -0.1) is 0 Å². The first-order valence-corrected chi connectivity index (χ1v) is 12.4. The Kier molecular flexibility index (Phi) is 8.62. The maximum Gasteiger partial charge on any atom is 0.229 e. The van der Waals surface area contributed by atoms with Crippen molar-refractivity contribution in [1.29, 1.82) is 0 Å². The maximum atomic E-state index is 12.9. The summed E-state index contributed by atoms with van der Waals surface area (Å²) in [6, 6.07) is 5.87. The number of amides is 1. The van der Waals surface area contributed by atoms with Crippen LogP contribution in [0, 0.1) is 0 Å². The van der Waals surface area contributed by atoms with Gasteiger partial charge in [0.05, 0.1) is 34.0 Å². The van der Waals surface area contributed by atoms with Gasteiger partial charge in [-0.3, -0.25) is 9.59 Å². The van der Waals surface area contributed by atoms with Gasteiger partial charge in [-0.25, -0.2) is 0 Å². The van der Waals surface area contributed by atoms with E-state index in [0.717, 1.165) is 5.56 Å². The van der Waals surface area contributed by atoms with Crippen LogP contribution in [0.3, 0.4) is 0 Å². The van der Waals surface area contributed by atoms with Gasteiger partial charge in [0, 0.05) is 12.5 Å². The highest BCUT2D eigenvalue weighted by molar-refractivity contribution is 5.83. The molecular formula is C27H33NO11. The van der Waals surface area contributed by atoms with Crippen LogP contribution in [0.1, 0.15) is 30.5 Å². The minimum absolute atomic E-state index is 0.111. The minimum atomic E-state index is -1.64. The molecule has 12 nitrogen and oxygen atoms in total. The molecule has 0 saturated carbocycles. The third-order valence-electron chi connectivity index (χ3n) is 6.97. The number of carbonyl (C=O) groups is 1. The van der Waals surface area contributed by atoms with Crippen LogP contribution in [0.5, 0.6) is 23.0 Å². The van der Waals surface area contributed by atoms with Crippen LogP contribution in [0.4, 0.5) is 0 Å². The molecule has 0 spiro atoms. The number of aliphatic hydroxyl groups is 4. The van der Waals surface area contributed by atoms with Crippen LogP contribution in [0.2, 0.25) is 0 Å². The highest BCUT2D eigenvalue weighted by Gasteiger charge is 2.45. The van der Waals surface area contributed by atoms with Crippen LogP contribution in [0.15, 0.2) is 29.1 Å². The molecule has 6 atom stereocenters. The largest absolute Gasteiger partial charge is 0.493 e. The van der Waals surface area contributed by atoms with Gasteiger partial charge < -0.3 is 49.4 Å². The molecule has 0 bridgehead atoms. The van der Waals surface area contributed by atoms with Crippen molar-refractivity contribution in [2.24, 2.45) is 0 Å². The van der Waals surface area contributed by atoms with Crippen molar-refractivity contribution in [2.75, 3.05) is 27.9 Å². The second-order valence-corrected chi connectivity index (χ2v) is 9.36. The van der Waals surface area contributed by atoms with Crippen molar-refractivity contribution in [3.8, 4) is 34.1 Å². The van der Waals surface area contributed by atoms with Gasteiger partial charge >= 0.3 is 0 Å². The Morgan fingerprint density at radius 2 is 1.72 bits per heavy atom. The first-order chi connectivity index (χ1) is 18.6. The number of methoxy groups -OCH3 is 3. The lowest BCUT2D eigenvalue weighted by Crippen LogP contribution is -2.60. The third kappa shape index (κ3) is 5.38. The molecule has 0 unspecified atom stereocenters. The molecule has 1 saturated heterocycles. The van der Waals surface area contributed by atoms with E-state index in [1.165, 1.54) is 34.3 Å². The van der Waals surface area contributed by atoms with E-state index in [1.807, 2.05) is 0 Å². The Hall–Kier alpha value is -3.42. The fourth-order valence-electron chi connectivity index (χ4n) is 5.09. The zero-order valence-corrected chi connectivity index (χ0v) is 22.0. The Bertz CT molecular complexity index is 1280. The quantitative estimate of drug-likeness (QED) is 0.317. The standard InChI is InChI=1S/C27H33NO11/c1-12(30)28-16-7-5-13-9-19(38-27-24(34)23(33)22(32)20(11-29)39-27)25(36-3)26(37-4)21(13)14-6-8-18(35-2)17(31)10-15(14)16/h6,8-10,16,20,22-24,27,29,32-34H,5,7,11H2,1-4H3,(H,28,30)/t16-,20-,22-,23-,24+,27+/m0/s1. The van der Waals surface area contributed by atoms with E-state index in [0.29, 0.717) is 29.5 Å². The number of aliphatic hydroxyl groups excluding tert-OH is 4. The normalized spacial score (nSPS) is 25.9. The van der Waals surface area contributed by atoms with E-state index >= 15 is 0 Å². The molecule has 2 aromatic carbocycles. The molecule has 0 radical (unpaired) electrons. The molecular weight excluding hydrogens is 514 g/mol. The highest BCUT2D eigenvalue weighted by atomic mass is 16.7. The SMILES string of the molecule is COc1c(O[C@@H]2O[C@@H](CO)[C@H](O)[C@H](O)[C@H]2O)cc2c(c1OC)-c1ccc(OC)c(=O)cc1[C@@H](NC(C)=O)CC2. The zero-order valence-electron chi connectivity index (χ0n) is 22.0. The molecule has 1 fully saturated rings. The number of rotatable bonds is 7. The fraction of sp³-hybridized carbons (Fsp3) is 0.481. The van der Waals surface area contributed by atoms with Gasteiger partial charge in [0.1, 0.15) is 24.4 Å². The fourth-order valence-corrected chi connectivity index (χ4v) is 5.09. The lowest BCUT2D eigenvalue weighted by Gasteiger charge is -2.39. The highest BCUT2D eigenvalue weighted by Crippen LogP contribution is 2.50. The summed E-state index contributed by atoms with van der Waals surface area (Å²) < 4.78 is 28.1. The van der Waals surface area contributed by atoms with Crippen molar-refractivity contribution >= 4 is 5.91 Å². The average molecular weight is 548 g/mol. The van der Waals surface area contributed by atoms with Gasteiger partial charge in [-0.1, -0.05) is 6.07 Å². The van der Waals surface area contributed by atoms with E-state index in [-0.39, 0.29) is 34.3 Å². The maximum absolute atomic E-state index is 12.9. The van der Waals surface area contributed by atoms with Crippen LogP contribution < -0.4 is 29.7 Å². The van der Waals surface area contributed by atoms with E-state index < -0.39 is 43.4 Å². The monoisotopic (exact) mass is 547 g/mol. The Labute approximate surface area is 224 Å². The van der Waals surface area contributed by atoms with Gasteiger partial charge in [0.2, 0.25) is 23.4 Å². The van der Waals surface area contributed by atoms with Crippen LogP contribution >= 0.6 is 0 Å². The molecule has 0 aromatic heterocycles. The molecule has 2 aliphatic rings. The number of carbonyl (C=O) groups excluding carboxylic acids is 1. The lowest BCUT2D eigenvalue weighted by molar-refractivity contribution is -0.277. The number of benzene rings is 1. The lowest BCUT2D eigenvalue weighted by atomic mass is 9.95. The van der Waals surface area contributed by atoms with Crippen LogP contribution in [-0.2, 0) is 16.0 Å². The summed E-state index contributed by atoms with van der Waals surface area (Å²) >= 11 is 0. The molecule has 5 N–H and O–H groups in total. The Morgan fingerprint density at radius 3 is 2.33 bits per heavy atom. The molecule has 1 heterocycles. The summed E-state index contributed by atoms with van der Waals surface area (Å²) in [4.78, 5) is 24.9. The predicted octanol–water partition coefficient (Wildman–Crippen LogP) is 0.0417. The summed E-state index contributed by atoms with van der Waals surface area (Å²) in [6.45, 7) is 0.786. The first kappa shape index (κ1) is 28.6. The summed E-state index contributed by atoms with van der Waals surface area (Å²) in [6.07, 6.45) is -6.56. The average Bonchev–Trinajstić information content (AvgIpc) is 3.16. The van der Waals surface area contributed by atoms with Crippen molar-refractivity contribution in [3.63, 3.8) is 0 Å². The number of ether oxygens (including phenoxy) is 5. The minimum Gasteiger partial charge on any atom is -0.493 e. The smallest absolute Gasteiger partial charge is 0.229 e. The van der Waals surface area contributed by atoms with Gasteiger partial charge in [-0.2, -0.15) is 0 Å². The topological polar surface area (TPSA) is 173 Å². The second-order valence-electron chi connectivity index (χ2n) is 9.36. The van der Waals surface area contributed by atoms with Gasteiger partial charge in [-0.05, 0) is 47.7 Å². The van der Waals surface area contributed by atoms with Crippen molar-refractivity contribution in [3.05, 3.63) is 45.6 Å². The van der Waals surface area contributed by atoms with Gasteiger partial charge in [0.25, 0.3) is 0 Å². The molecule has 12 heteroatoms. The van der Waals surface area contributed by atoms with Crippen molar-refractivity contribution in [1.82, 2.24) is 5.32 Å². The molecule has 2 aromatic rings. The molecule has 4 rings (SSSR count). The summed E-state index contributed by atoms with van der Waals surface area (Å²) in [5.74, 6) is 0.368. The molecule has 212 valence electrons. The third-order valence-corrected chi connectivity index (χ3v) is 6.97. The van der Waals surface area contributed by atoms with E-state index in [9.17, 15) is 30.0 Å². The number of hydrogen-bond acceptors (Lipinski definition) is 11. The Balaban J connectivity index is 1.89. The van der Waals surface area contributed by atoms with Crippen LogP contribution in [-0.4, -0.2) is 85.0 Å². The summed E-state index contributed by atoms with van der Waals surface area (Å²) in [5, 5.41) is 43.3. The molecule has 1 aliphatic carbocycles. The van der Waals surface area contributed by atoms with Crippen molar-refractivity contribution in [2.45, 2.75) is 56.5 Å². The van der Waals surface area contributed by atoms with Crippen molar-refractivity contribution < 1.29 is 48.9 Å². The van der Waals surface area contributed by atoms with E-state index in [2.05, 4.69) is 5.32 Å².